The summed E-state index contributed by atoms with van der Waals surface area (Å²) in [5.41, 5.74) is 2.06. The largest absolute Gasteiger partial charge is 0.389 e. The van der Waals surface area contributed by atoms with E-state index in [0.717, 1.165) is 13.0 Å². The number of nitrogens with zero attached hydrogens (tertiary/aromatic N) is 1. The van der Waals surface area contributed by atoms with Crippen LogP contribution in [-0.2, 0) is 6.54 Å². The van der Waals surface area contributed by atoms with Gasteiger partial charge in [0, 0.05) is 13.1 Å². The van der Waals surface area contributed by atoms with E-state index in [4.69, 9.17) is 0 Å². The Hall–Kier alpha value is -0.860. The molecule has 0 aromatic heterocycles. The van der Waals surface area contributed by atoms with Gasteiger partial charge in [-0.25, -0.2) is 0 Å². The average Bonchev–Trinajstić information content (AvgIpc) is 2.21. The normalized spacial score (nSPS) is 15.1. The summed E-state index contributed by atoms with van der Waals surface area (Å²) in [4.78, 5) is 2.17. The lowest BCUT2D eigenvalue weighted by Crippen LogP contribution is -2.38. The third-order valence-corrected chi connectivity index (χ3v) is 3.07. The lowest BCUT2D eigenvalue weighted by atomic mass is 10.0. The van der Waals surface area contributed by atoms with Gasteiger partial charge in [-0.2, -0.15) is 0 Å². The summed E-state index contributed by atoms with van der Waals surface area (Å²) >= 11 is 0. The number of aryl methyl sites for hydroxylation is 1. The molecule has 0 saturated carbocycles. The Morgan fingerprint density at radius 1 is 1.31 bits per heavy atom. The molecule has 0 spiro atoms. The van der Waals surface area contributed by atoms with Gasteiger partial charge in [0.2, 0.25) is 0 Å². The number of hydrogen-bond acceptors (Lipinski definition) is 2. The molecule has 1 N–H and O–H groups in total. The Kier molecular flexibility index (Phi) is 4.51. The van der Waals surface area contributed by atoms with Crippen molar-refractivity contribution in [1.82, 2.24) is 4.90 Å². The highest BCUT2D eigenvalue weighted by atomic mass is 16.3. The Labute approximate surface area is 98.9 Å². The van der Waals surface area contributed by atoms with Gasteiger partial charge >= 0.3 is 0 Å². The zero-order chi connectivity index (χ0) is 12.2. The molecule has 2 heteroatoms. The molecule has 1 aromatic rings. The minimum absolute atomic E-state index is 0.586. The Morgan fingerprint density at radius 2 is 1.94 bits per heavy atom. The van der Waals surface area contributed by atoms with Crippen molar-refractivity contribution in [3.8, 4) is 0 Å². The molecule has 0 saturated heterocycles. The Morgan fingerprint density at radius 3 is 2.50 bits per heavy atom. The Balaban J connectivity index is 2.58. The standard InChI is InChI=1S/C14H23NO/c1-5-14(3,16)11-15(4)10-13-9-7-6-8-12(13)2/h6-9,16H,5,10-11H2,1-4H3. The fourth-order valence-electron chi connectivity index (χ4n) is 1.83. The van der Waals surface area contributed by atoms with Crippen molar-refractivity contribution >= 4 is 0 Å². The molecule has 0 amide bonds. The van der Waals surface area contributed by atoms with E-state index in [0.29, 0.717) is 6.54 Å². The van der Waals surface area contributed by atoms with E-state index in [1.165, 1.54) is 11.1 Å². The highest BCUT2D eigenvalue weighted by Crippen LogP contribution is 2.14. The van der Waals surface area contributed by atoms with Crippen LogP contribution in [0.5, 0.6) is 0 Å². The van der Waals surface area contributed by atoms with E-state index < -0.39 is 5.60 Å². The maximum atomic E-state index is 10.00. The number of likely N-dealkylation sites (N-methyl/N-ethyl adjacent to an activating group) is 1. The molecule has 0 heterocycles. The van der Waals surface area contributed by atoms with Crippen molar-refractivity contribution in [3.63, 3.8) is 0 Å². The molecule has 0 aliphatic carbocycles. The van der Waals surface area contributed by atoms with E-state index in [9.17, 15) is 5.11 Å². The van der Waals surface area contributed by atoms with Gasteiger partial charge < -0.3 is 5.11 Å². The van der Waals surface area contributed by atoms with Crippen LogP contribution in [-0.4, -0.2) is 29.2 Å². The second-order valence-corrected chi connectivity index (χ2v) is 4.95. The molecule has 1 aromatic carbocycles. The van der Waals surface area contributed by atoms with Gasteiger partial charge in [-0.05, 0) is 38.4 Å². The predicted molar refractivity (Wildman–Crippen MR) is 68.4 cm³/mol. The molecule has 1 rings (SSSR count). The van der Waals surface area contributed by atoms with Crippen LogP contribution in [0.2, 0.25) is 0 Å². The zero-order valence-corrected chi connectivity index (χ0v) is 10.8. The fourth-order valence-corrected chi connectivity index (χ4v) is 1.83. The molecule has 16 heavy (non-hydrogen) atoms. The molecular formula is C14H23NO. The molecule has 1 unspecified atom stereocenters. The van der Waals surface area contributed by atoms with Crippen LogP contribution in [0.3, 0.4) is 0 Å². The number of aliphatic hydroxyl groups is 1. The SMILES string of the molecule is CCC(C)(O)CN(C)Cc1ccccc1C. The van der Waals surface area contributed by atoms with Crippen molar-refractivity contribution in [2.24, 2.45) is 0 Å². The number of benzene rings is 1. The first-order valence-electron chi connectivity index (χ1n) is 5.90. The van der Waals surface area contributed by atoms with Crippen LogP contribution < -0.4 is 0 Å². The molecule has 2 nitrogen and oxygen atoms in total. The summed E-state index contributed by atoms with van der Waals surface area (Å²) in [6.07, 6.45) is 0.783. The monoisotopic (exact) mass is 221 g/mol. The maximum Gasteiger partial charge on any atom is 0.0743 e. The molecule has 0 radical (unpaired) electrons. The predicted octanol–water partition coefficient (Wildman–Crippen LogP) is 2.59. The molecule has 0 fully saturated rings. The van der Waals surface area contributed by atoms with Crippen molar-refractivity contribution in [3.05, 3.63) is 35.4 Å². The first-order chi connectivity index (χ1) is 7.44. The first-order valence-corrected chi connectivity index (χ1v) is 5.90. The topological polar surface area (TPSA) is 23.5 Å². The molecule has 0 aliphatic rings. The maximum absolute atomic E-state index is 10.00. The van der Waals surface area contributed by atoms with Crippen LogP contribution in [0.15, 0.2) is 24.3 Å². The third kappa shape index (κ3) is 3.95. The summed E-state index contributed by atoms with van der Waals surface area (Å²) in [6.45, 7) is 7.63. The minimum atomic E-state index is -0.586. The van der Waals surface area contributed by atoms with Crippen LogP contribution >= 0.6 is 0 Å². The van der Waals surface area contributed by atoms with Crippen molar-refractivity contribution in [2.75, 3.05) is 13.6 Å². The first kappa shape index (κ1) is 13.2. The molecule has 1 atom stereocenters. The highest BCUT2D eigenvalue weighted by molar-refractivity contribution is 5.25. The number of rotatable bonds is 5. The Bertz CT molecular complexity index is 333. The lowest BCUT2D eigenvalue weighted by Gasteiger charge is -2.28. The van der Waals surface area contributed by atoms with E-state index >= 15 is 0 Å². The van der Waals surface area contributed by atoms with E-state index in [1.54, 1.807) is 0 Å². The zero-order valence-electron chi connectivity index (χ0n) is 10.8. The smallest absolute Gasteiger partial charge is 0.0743 e. The molecule has 0 aliphatic heterocycles. The average molecular weight is 221 g/mol. The van der Waals surface area contributed by atoms with E-state index in [1.807, 2.05) is 13.8 Å². The van der Waals surface area contributed by atoms with Gasteiger partial charge in [0.15, 0.2) is 0 Å². The second kappa shape index (κ2) is 5.46. The van der Waals surface area contributed by atoms with Crippen LogP contribution in [0, 0.1) is 6.92 Å². The van der Waals surface area contributed by atoms with Crippen molar-refractivity contribution in [1.29, 1.82) is 0 Å². The quantitative estimate of drug-likeness (QED) is 0.826. The van der Waals surface area contributed by atoms with Gasteiger partial charge in [0.25, 0.3) is 0 Å². The van der Waals surface area contributed by atoms with Gasteiger partial charge in [-0.3, -0.25) is 4.90 Å². The fraction of sp³-hybridized carbons (Fsp3) is 0.571. The van der Waals surface area contributed by atoms with Crippen molar-refractivity contribution in [2.45, 2.75) is 39.3 Å². The highest BCUT2D eigenvalue weighted by Gasteiger charge is 2.19. The summed E-state index contributed by atoms with van der Waals surface area (Å²) < 4.78 is 0. The molecule has 90 valence electrons. The molecule has 0 bridgehead atoms. The summed E-state index contributed by atoms with van der Waals surface area (Å²) in [5, 5.41) is 10.00. The van der Waals surface area contributed by atoms with Crippen LogP contribution in [0.1, 0.15) is 31.4 Å². The second-order valence-electron chi connectivity index (χ2n) is 4.95. The number of hydrogen-bond donors (Lipinski definition) is 1. The summed E-state index contributed by atoms with van der Waals surface area (Å²) in [5.74, 6) is 0. The van der Waals surface area contributed by atoms with Gasteiger partial charge in [-0.1, -0.05) is 31.2 Å². The van der Waals surface area contributed by atoms with Crippen LogP contribution in [0.4, 0.5) is 0 Å². The lowest BCUT2D eigenvalue weighted by molar-refractivity contribution is 0.0217. The van der Waals surface area contributed by atoms with Gasteiger partial charge in [0.1, 0.15) is 0 Å². The van der Waals surface area contributed by atoms with Crippen LogP contribution in [0.25, 0.3) is 0 Å². The van der Waals surface area contributed by atoms with E-state index in [-0.39, 0.29) is 0 Å². The summed E-state index contributed by atoms with van der Waals surface area (Å²) in [6, 6.07) is 8.39. The summed E-state index contributed by atoms with van der Waals surface area (Å²) in [7, 11) is 2.05. The van der Waals surface area contributed by atoms with E-state index in [2.05, 4.69) is 43.1 Å². The van der Waals surface area contributed by atoms with Gasteiger partial charge in [-0.15, -0.1) is 0 Å². The molecular weight excluding hydrogens is 198 g/mol. The van der Waals surface area contributed by atoms with Gasteiger partial charge in [0.05, 0.1) is 5.60 Å². The van der Waals surface area contributed by atoms with Crippen molar-refractivity contribution < 1.29 is 5.11 Å². The minimum Gasteiger partial charge on any atom is -0.389 e. The third-order valence-electron chi connectivity index (χ3n) is 3.07.